The van der Waals surface area contributed by atoms with Crippen LogP contribution in [0.4, 0.5) is 0 Å². The average Bonchev–Trinajstić information content (AvgIpc) is 2.55. The smallest absolute Gasteiger partial charge is 0.335 e. The van der Waals surface area contributed by atoms with Crippen LogP contribution in [0.5, 0.6) is 0 Å². The molecule has 0 aliphatic carbocycles. The zero-order chi connectivity index (χ0) is 16.7. The quantitative estimate of drug-likeness (QED) is 0.758. The van der Waals surface area contributed by atoms with Gasteiger partial charge < -0.3 is 10.4 Å². The second-order valence-electron chi connectivity index (χ2n) is 6.22. The number of rotatable bonds is 7. The van der Waals surface area contributed by atoms with Crippen LogP contribution < -0.4 is 5.32 Å². The topological polar surface area (TPSA) is 69.6 Å². The molecule has 2 rings (SSSR count). The van der Waals surface area contributed by atoms with Crippen molar-refractivity contribution in [2.24, 2.45) is 5.92 Å². The molecule has 0 aromatic heterocycles. The van der Waals surface area contributed by atoms with Gasteiger partial charge in [-0.2, -0.15) is 0 Å². The van der Waals surface area contributed by atoms with Crippen LogP contribution >= 0.6 is 0 Å². The van der Waals surface area contributed by atoms with Gasteiger partial charge in [0.25, 0.3) is 0 Å². The van der Waals surface area contributed by atoms with Gasteiger partial charge in [0.05, 0.1) is 11.5 Å². The minimum atomic E-state index is -0.904. The number of hydrogen-bond acceptors (Lipinski definition) is 3. The molecule has 1 aromatic carbocycles. The van der Waals surface area contributed by atoms with Gasteiger partial charge >= 0.3 is 5.97 Å². The summed E-state index contributed by atoms with van der Waals surface area (Å²) in [5, 5.41) is 12.1. The Bertz CT molecular complexity index is 545. The maximum atomic E-state index is 12.2. The molecule has 0 radical (unpaired) electrons. The summed E-state index contributed by atoms with van der Waals surface area (Å²) in [6, 6.07) is 7.04. The van der Waals surface area contributed by atoms with E-state index in [1.807, 2.05) is 6.07 Å². The van der Waals surface area contributed by atoms with Crippen molar-refractivity contribution in [3.8, 4) is 0 Å². The summed E-state index contributed by atoms with van der Waals surface area (Å²) >= 11 is 0. The Labute approximate surface area is 137 Å². The van der Waals surface area contributed by atoms with Crippen LogP contribution in [0.3, 0.4) is 0 Å². The Balaban J connectivity index is 1.89. The number of amides is 1. The Kier molecular flexibility index (Phi) is 6.59. The van der Waals surface area contributed by atoms with E-state index in [-0.39, 0.29) is 11.8 Å². The molecule has 1 amide bonds. The summed E-state index contributed by atoms with van der Waals surface area (Å²) < 4.78 is 0. The van der Waals surface area contributed by atoms with Crippen LogP contribution in [0, 0.1) is 5.92 Å². The fraction of sp³-hybridized carbons (Fsp3) is 0.556. The number of nitrogens with one attached hydrogen (secondary N) is 1. The van der Waals surface area contributed by atoms with Gasteiger partial charge in [0.1, 0.15) is 0 Å². The van der Waals surface area contributed by atoms with E-state index < -0.39 is 5.97 Å². The Morgan fingerprint density at radius 3 is 2.96 bits per heavy atom. The highest BCUT2D eigenvalue weighted by Crippen LogP contribution is 2.19. The lowest BCUT2D eigenvalue weighted by Gasteiger charge is -2.32. The predicted molar refractivity (Wildman–Crippen MR) is 89.3 cm³/mol. The van der Waals surface area contributed by atoms with Crippen molar-refractivity contribution in [3.63, 3.8) is 0 Å². The molecule has 5 nitrogen and oxygen atoms in total. The SMILES string of the molecule is CCCCNC(=O)C1CCCN(Cc2cccc(C(=O)O)c2)C1. The zero-order valence-corrected chi connectivity index (χ0v) is 13.8. The van der Waals surface area contributed by atoms with Crippen LogP contribution in [-0.2, 0) is 11.3 Å². The third-order valence-corrected chi connectivity index (χ3v) is 4.29. The van der Waals surface area contributed by atoms with Crippen molar-refractivity contribution in [1.82, 2.24) is 10.2 Å². The monoisotopic (exact) mass is 318 g/mol. The number of carboxylic acid groups (broad SMARTS) is 1. The molecular weight excluding hydrogens is 292 g/mol. The third-order valence-electron chi connectivity index (χ3n) is 4.29. The molecule has 1 fully saturated rings. The molecule has 1 saturated heterocycles. The molecular formula is C18H26N2O3. The number of carboxylic acids is 1. The Hall–Kier alpha value is -1.88. The number of aromatic carboxylic acids is 1. The maximum Gasteiger partial charge on any atom is 0.335 e. The fourth-order valence-electron chi connectivity index (χ4n) is 3.01. The van der Waals surface area contributed by atoms with Crippen LogP contribution in [0.1, 0.15) is 48.5 Å². The molecule has 126 valence electrons. The van der Waals surface area contributed by atoms with Gasteiger partial charge in [-0.15, -0.1) is 0 Å². The molecule has 5 heteroatoms. The lowest BCUT2D eigenvalue weighted by atomic mass is 9.96. The summed E-state index contributed by atoms with van der Waals surface area (Å²) in [4.78, 5) is 25.5. The van der Waals surface area contributed by atoms with Crippen LogP contribution in [-0.4, -0.2) is 41.5 Å². The minimum absolute atomic E-state index is 0.0447. The van der Waals surface area contributed by atoms with Crippen molar-refractivity contribution >= 4 is 11.9 Å². The van der Waals surface area contributed by atoms with E-state index in [0.29, 0.717) is 12.1 Å². The van der Waals surface area contributed by atoms with Gasteiger partial charge in [0.15, 0.2) is 0 Å². The van der Waals surface area contributed by atoms with E-state index in [1.165, 1.54) is 0 Å². The van der Waals surface area contributed by atoms with Crippen LogP contribution in [0.2, 0.25) is 0 Å². The summed E-state index contributed by atoms with van der Waals surface area (Å²) in [5.41, 5.74) is 1.30. The minimum Gasteiger partial charge on any atom is -0.478 e. The number of unbranched alkanes of at least 4 members (excludes halogenated alkanes) is 1. The maximum absolute atomic E-state index is 12.2. The van der Waals surface area contributed by atoms with Gasteiger partial charge in [0.2, 0.25) is 5.91 Å². The number of hydrogen-bond donors (Lipinski definition) is 2. The first-order valence-corrected chi connectivity index (χ1v) is 8.42. The number of carbonyl (C=O) groups is 2. The summed E-state index contributed by atoms with van der Waals surface area (Å²) in [5.74, 6) is -0.704. The third kappa shape index (κ3) is 5.36. The van der Waals surface area contributed by atoms with Crippen molar-refractivity contribution < 1.29 is 14.7 Å². The number of likely N-dealkylation sites (tertiary alicyclic amines) is 1. The molecule has 1 heterocycles. The van der Waals surface area contributed by atoms with E-state index in [2.05, 4.69) is 17.1 Å². The molecule has 23 heavy (non-hydrogen) atoms. The first kappa shape index (κ1) is 17.5. The highest BCUT2D eigenvalue weighted by Gasteiger charge is 2.25. The predicted octanol–water partition coefficient (Wildman–Crippen LogP) is 2.51. The van der Waals surface area contributed by atoms with Crippen molar-refractivity contribution in [3.05, 3.63) is 35.4 Å². The Morgan fingerprint density at radius 1 is 1.39 bits per heavy atom. The van der Waals surface area contributed by atoms with Crippen LogP contribution in [0.15, 0.2) is 24.3 Å². The van der Waals surface area contributed by atoms with E-state index in [0.717, 1.165) is 50.9 Å². The highest BCUT2D eigenvalue weighted by atomic mass is 16.4. The second kappa shape index (κ2) is 8.67. The summed E-state index contributed by atoms with van der Waals surface area (Å²) in [6.45, 7) is 5.26. The first-order valence-electron chi connectivity index (χ1n) is 8.42. The van der Waals surface area contributed by atoms with Gasteiger partial charge in [-0.05, 0) is 43.5 Å². The molecule has 2 N–H and O–H groups in total. The lowest BCUT2D eigenvalue weighted by Crippen LogP contribution is -2.42. The van der Waals surface area contributed by atoms with E-state index >= 15 is 0 Å². The second-order valence-corrected chi connectivity index (χ2v) is 6.22. The number of nitrogens with zero attached hydrogens (tertiary/aromatic N) is 1. The number of carbonyl (C=O) groups excluding carboxylic acids is 1. The van der Waals surface area contributed by atoms with Crippen molar-refractivity contribution in [2.45, 2.75) is 39.2 Å². The zero-order valence-electron chi connectivity index (χ0n) is 13.8. The van der Waals surface area contributed by atoms with Gasteiger partial charge in [-0.1, -0.05) is 25.5 Å². The van der Waals surface area contributed by atoms with E-state index in [1.54, 1.807) is 18.2 Å². The number of benzene rings is 1. The summed E-state index contributed by atoms with van der Waals surface area (Å²) in [6.07, 6.45) is 4.04. The Morgan fingerprint density at radius 2 is 2.22 bits per heavy atom. The number of piperidine rings is 1. The fourth-order valence-corrected chi connectivity index (χ4v) is 3.01. The molecule has 1 unspecified atom stereocenters. The molecule has 0 spiro atoms. The van der Waals surface area contributed by atoms with Gasteiger partial charge in [-0.25, -0.2) is 4.79 Å². The normalized spacial score (nSPS) is 18.6. The van der Waals surface area contributed by atoms with E-state index in [4.69, 9.17) is 5.11 Å². The van der Waals surface area contributed by atoms with Gasteiger partial charge in [0, 0.05) is 19.6 Å². The molecule has 1 atom stereocenters. The molecule has 1 aromatic rings. The molecule has 1 aliphatic heterocycles. The van der Waals surface area contributed by atoms with E-state index in [9.17, 15) is 9.59 Å². The first-order chi connectivity index (χ1) is 11.1. The molecule has 0 bridgehead atoms. The van der Waals surface area contributed by atoms with Gasteiger partial charge in [-0.3, -0.25) is 9.69 Å². The van der Waals surface area contributed by atoms with Crippen LogP contribution in [0.25, 0.3) is 0 Å². The summed E-state index contributed by atoms with van der Waals surface area (Å²) in [7, 11) is 0. The van der Waals surface area contributed by atoms with Crippen molar-refractivity contribution in [2.75, 3.05) is 19.6 Å². The highest BCUT2D eigenvalue weighted by molar-refractivity contribution is 5.87. The largest absolute Gasteiger partial charge is 0.478 e. The lowest BCUT2D eigenvalue weighted by molar-refractivity contribution is -0.126. The molecule has 1 aliphatic rings. The van der Waals surface area contributed by atoms with Crippen molar-refractivity contribution in [1.29, 1.82) is 0 Å². The average molecular weight is 318 g/mol. The molecule has 0 saturated carbocycles. The standard InChI is InChI=1S/C18H26N2O3/c1-2-3-9-19-17(21)16-8-5-10-20(13-16)12-14-6-4-7-15(11-14)18(22)23/h4,6-7,11,16H,2-3,5,8-10,12-13H2,1H3,(H,19,21)(H,22,23).